The van der Waals surface area contributed by atoms with Gasteiger partial charge >= 0.3 is 0 Å². The van der Waals surface area contributed by atoms with Crippen molar-refractivity contribution in [1.29, 1.82) is 0 Å². The first-order valence-electron chi connectivity index (χ1n) is 12.2. The van der Waals surface area contributed by atoms with E-state index in [1.54, 1.807) is 10.9 Å². The van der Waals surface area contributed by atoms with E-state index in [0.717, 1.165) is 42.0 Å². The molecule has 0 N–H and O–H groups in total. The van der Waals surface area contributed by atoms with Crippen LogP contribution < -0.4 is 4.74 Å². The van der Waals surface area contributed by atoms with Crippen LogP contribution in [0.1, 0.15) is 44.0 Å². The Labute approximate surface area is 203 Å². The predicted molar refractivity (Wildman–Crippen MR) is 127 cm³/mol. The van der Waals surface area contributed by atoms with Gasteiger partial charge in [0.15, 0.2) is 5.82 Å². The van der Waals surface area contributed by atoms with E-state index in [9.17, 15) is 9.18 Å². The number of fused-ring (bicyclic) bond motifs is 1. The van der Waals surface area contributed by atoms with E-state index < -0.39 is 5.82 Å². The second kappa shape index (κ2) is 9.77. The van der Waals surface area contributed by atoms with Crippen molar-refractivity contribution in [2.75, 3.05) is 33.4 Å². The number of ether oxygens (including phenoxy) is 2. The van der Waals surface area contributed by atoms with Gasteiger partial charge in [0.25, 0.3) is 0 Å². The Balaban J connectivity index is 1.48. The van der Waals surface area contributed by atoms with Gasteiger partial charge in [-0.15, -0.1) is 0 Å². The molecule has 10 heteroatoms. The van der Waals surface area contributed by atoms with Crippen LogP contribution in [-0.2, 0) is 22.4 Å². The molecule has 9 nitrogen and oxygen atoms in total. The highest BCUT2D eigenvalue weighted by molar-refractivity contribution is 5.76. The lowest BCUT2D eigenvalue weighted by atomic mass is 9.91. The SMILES string of the molecule is CCN1CC(C(C)n2cc(-c3nn(-c4cnc(OC)c(F)c4)c4c3CCOCC4)cn2)CCC1=O. The average Bonchev–Trinajstić information content (AvgIpc) is 3.42. The molecule has 3 aromatic rings. The van der Waals surface area contributed by atoms with Crippen LogP contribution in [0.5, 0.6) is 5.88 Å². The number of hydrogen-bond donors (Lipinski definition) is 0. The molecule has 0 radical (unpaired) electrons. The van der Waals surface area contributed by atoms with Crippen LogP contribution in [0.3, 0.4) is 0 Å². The molecule has 0 aromatic carbocycles. The summed E-state index contributed by atoms with van der Waals surface area (Å²) in [6.07, 6.45) is 8.28. The third kappa shape index (κ3) is 4.42. The van der Waals surface area contributed by atoms with E-state index >= 15 is 0 Å². The monoisotopic (exact) mass is 482 g/mol. The number of pyridine rings is 1. The molecule has 0 aliphatic carbocycles. The van der Waals surface area contributed by atoms with Gasteiger partial charge < -0.3 is 14.4 Å². The molecule has 1 fully saturated rings. The number of carbonyl (C=O) groups is 1. The number of amides is 1. The third-order valence-corrected chi connectivity index (χ3v) is 7.19. The number of carbonyl (C=O) groups excluding carboxylic acids is 1. The zero-order chi connectivity index (χ0) is 24.5. The molecule has 0 spiro atoms. The Morgan fingerprint density at radius 3 is 2.86 bits per heavy atom. The van der Waals surface area contributed by atoms with E-state index in [0.29, 0.717) is 44.1 Å². The van der Waals surface area contributed by atoms with Crippen molar-refractivity contribution in [2.24, 2.45) is 5.92 Å². The Hall–Kier alpha value is -3.27. The summed E-state index contributed by atoms with van der Waals surface area (Å²) in [6.45, 7) is 6.85. The van der Waals surface area contributed by atoms with Gasteiger partial charge in [0.05, 0.1) is 55.8 Å². The predicted octanol–water partition coefficient (Wildman–Crippen LogP) is 3.21. The number of piperidine rings is 1. The van der Waals surface area contributed by atoms with E-state index in [1.807, 2.05) is 28.9 Å². The first kappa shape index (κ1) is 23.5. The van der Waals surface area contributed by atoms with Gasteiger partial charge in [-0.1, -0.05) is 0 Å². The first-order chi connectivity index (χ1) is 17.0. The molecule has 35 heavy (non-hydrogen) atoms. The molecule has 1 saturated heterocycles. The summed E-state index contributed by atoms with van der Waals surface area (Å²) >= 11 is 0. The van der Waals surface area contributed by atoms with E-state index in [-0.39, 0.29) is 17.8 Å². The van der Waals surface area contributed by atoms with Gasteiger partial charge in [-0.2, -0.15) is 10.2 Å². The Bertz CT molecular complexity index is 1220. The summed E-state index contributed by atoms with van der Waals surface area (Å²) in [5.74, 6) is 0.0000988. The quantitative estimate of drug-likeness (QED) is 0.536. The summed E-state index contributed by atoms with van der Waals surface area (Å²) < 4.78 is 28.9. The second-order valence-electron chi connectivity index (χ2n) is 9.16. The molecule has 5 rings (SSSR count). The summed E-state index contributed by atoms with van der Waals surface area (Å²) in [5.41, 5.74) is 4.37. The fourth-order valence-corrected chi connectivity index (χ4v) is 5.12. The Morgan fingerprint density at radius 1 is 1.26 bits per heavy atom. The van der Waals surface area contributed by atoms with Crippen LogP contribution in [-0.4, -0.2) is 68.8 Å². The molecular formula is C25H31FN6O3. The number of aromatic nitrogens is 5. The van der Waals surface area contributed by atoms with E-state index in [1.165, 1.54) is 13.2 Å². The van der Waals surface area contributed by atoms with E-state index in [2.05, 4.69) is 17.0 Å². The maximum Gasteiger partial charge on any atom is 0.250 e. The lowest BCUT2D eigenvalue weighted by Crippen LogP contribution is -2.42. The minimum absolute atomic E-state index is 0.0446. The molecule has 0 saturated carbocycles. The first-order valence-corrected chi connectivity index (χ1v) is 12.2. The summed E-state index contributed by atoms with van der Waals surface area (Å²) in [6, 6.07) is 1.54. The lowest BCUT2D eigenvalue weighted by Gasteiger charge is -2.35. The summed E-state index contributed by atoms with van der Waals surface area (Å²) in [5, 5.41) is 9.57. The molecule has 0 bridgehead atoms. The fourth-order valence-electron chi connectivity index (χ4n) is 5.12. The highest BCUT2D eigenvalue weighted by Crippen LogP contribution is 2.33. The molecule has 5 heterocycles. The lowest BCUT2D eigenvalue weighted by molar-refractivity contribution is -0.135. The topological polar surface area (TPSA) is 87.3 Å². The fraction of sp³-hybridized carbons (Fsp3) is 0.520. The highest BCUT2D eigenvalue weighted by atomic mass is 19.1. The van der Waals surface area contributed by atoms with Crippen LogP contribution >= 0.6 is 0 Å². The largest absolute Gasteiger partial charge is 0.479 e. The van der Waals surface area contributed by atoms with Crippen molar-refractivity contribution in [3.63, 3.8) is 0 Å². The smallest absolute Gasteiger partial charge is 0.250 e. The van der Waals surface area contributed by atoms with Crippen molar-refractivity contribution < 1.29 is 18.7 Å². The van der Waals surface area contributed by atoms with Crippen LogP contribution in [0, 0.1) is 11.7 Å². The van der Waals surface area contributed by atoms with Gasteiger partial charge in [-0.25, -0.2) is 14.1 Å². The minimum atomic E-state index is -0.533. The number of rotatable bonds is 6. The second-order valence-corrected chi connectivity index (χ2v) is 9.16. The summed E-state index contributed by atoms with van der Waals surface area (Å²) in [4.78, 5) is 18.1. The normalized spacial score (nSPS) is 19.4. The maximum atomic E-state index is 14.4. The number of likely N-dealkylation sites (tertiary alicyclic amines) is 1. The number of methoxy groups -OCH3 is 1. The van der Waals surface area contributed by atoms with Crippen LogP contribution in [0.15, 0.2) is 24.7 Å². The van der Waals surface area contributed by atoms with Crippen LogP contribution in [0.25, 0.3) is 16.9 Å². The van der Waals surface area contributed by atoms with Crippen molar-refractivity contribution in [3.8, 4) is 22.8 Å². The molecule has 186 valence electrons. The zero-order valence-corrected chi connectivity index (χ0v) is 20.4. The molecule has 2 aliphatic rings. The molecule has 2 atom stereocenters. The van der Waals surface area contributed by atoms with Gasteiger partial charge in [0, 0.05) is 49.3 Å². The molecule has 2 aliphatic heterocycles. The average molecular weight is 483 g/mol. The maximum absolute atomic E-state index is 14.4. The molecule has 1 amide bonds. The Morgan fingerprint density at radius 2 is 2.09 bits per heavy atom. The van der Waals surface area contributed by atoms with E-state index in [4.69, 9.17) is 14.6 Å². The van der Waals surface area contributed by atoms with Gasteiger partial charge in [-0.3, -0.25) is 9.48 Å². The zero-order valence-electron chi connectivity index (χ0n) is 20.4. The van der Waals surface area contributed by atoms with Crippen LogP contribution in [0.4, 0.5) is 4.39 Å². The van der Waals surface area contributed by atoms with Crippen molar-refractivity contribution >= 4 is 5.91 Å². The standard InChI is InChI=1S/C25H31FN6O3/c1-4-30-14-17(5-6-23(30)33)16(2)31-15-18(12-28-31)24-20-7-9-35-10-8-22(20)32(29-24)19-11-21(26)25(34-3)27-13-19/h11-13,15-17H,4-10,14H2,1-3H3. The van der Waals surface area contributed by atoms with Gasteiger partial charge in [0.1, 0.15) is 0 Å². The van der Waals surface area contributed by atoms with Crippen molar-refractivity contribution in [2.45, 2.75) is 45.6 Å². The van der Waals surface area contributed by atoms with Gasteiger partial charge in [-0.05, 0) is 32.6 Å². The Kier molecular flexibility index (Phi) is 6.55. The highest BCUT2D eigenvalue weighted by Gasteiger charge is 2.30. The minimum Gasteiger partial charge on any atom is -0.479 e. The molecule has 3 aromatic heterocycles. The van der Waals surface area contributed by atoms with Crippen molar-refractivity contribution in [3.05, 3.63) is 41.7 Å². The number of nitrogens with zero attached hydrogens (tertiary/aromatic N) is 6. The number of halogens is 1. The number of hydrogen-bond acceptors (Lipinski definition) is 6. The molecular weight excluding hydrogens is 451 g/mol. The van der Waals surface area contributed by atoms with Crippen molar-refractivity contribution in [1.82, 2.24) is 29.4 Å². The van der Waals surface area contributed by atoms with Crippen LogP contribution in [0.2, 0.25) is 0 Å². The third-order valence-electron chi connectivity index (χ3n) is 7.19. The summed E-state index contributed by atoms with van der Waals surface area (Å²) in [7, 11) is 1.39. The van der Waals surface area contributed by atoms with Gasteiger partial charge in [0.2, 0.25) is 11.8 Å². The molecule has 2 unspecified atom stereocenters.